The van der Waals surface area contributed by atoms with E-state index in [0.29, 0.717) is 46.2 Å². The van der Waals surface area contributed by atoms with E-state index in [1.54, 1.807) is 7.11 Å². The minimum atomic E-state index is -0.106. The number of nitrogens with two attached hydrogens (primary N) is 1. The van der Waals surface area contributed by atoms with Crippen molar-refractivity contribution in [2.24, 2.45) is 11.7 Å². The number of hydrogen-bond donors (Lipinski definition) is 1. The van der Waals surface area contributed by atoms with Crippen molar-refractivity contribution in [3.05, 3.63) is 0 Å². The summed E-state index contributed by atoms with van der Waals surface area (Å²) in [5.41, 5.74) is 5.79. The summed E-state index contributed by atoms with van der Waals surface area (Å²) >= 11 is 0. The zero-order valence-electron chi connectivity index (χ0n) is 13.1. The number of hydrogen-bond acceptors (Lipinski definition) is 5. The molecule has 5 nitrogen and oxygen atoms in total. The molecule has 120 valence electrons. The van der Waals surface area contributed by atoms with Gasteiger partial charge in [-0.1, -0.05) is 6.92 Å². The molecule has 1 aliphatic rings. The van der Waals surface area contributed by atoms with Crippen LogP contribution in [0.2, 0.25) is 0 Å². The lowest BCUT2D eigenvalue weighted by molar-refractivity contribution is -0.0903. The van der Waals surface area contributed by atoms with Crippen molar-refractivity contribution >= 4 is 0 Å². The molecule has 0 heterocycles. The Balaban J connectivity index is 1.99. The van der Waals surface area contributed by atoms with Crippen LogP contribution < -0.4 is 5.73 Å². The van der Waals surface area contributed by atoms with E-state index >= 15 is 0 Å². The van der Waals surface area contributed by atoms with Crippen LogP contribution in [0.5, 0.6) is 0 Å². The Bertz CT molecular complexity index is 230. The molecule has 0 unspecified atom stereocenters. The number of ether oxygens (including phenoxy) is 4. The first-order valence-electron chi connectivity index (χ1n) is 7.71. The van der Waals surface area contributed by atoms with Crippen LogP contribution in [0.25, 0.3) is 0 Å². The first-order chi connectivity index (χ1) is 9.72. The third-order valence-electron chi connectivity index (χ3n) is 4.00. The lowest BCUT2D eigenvalue weighted by Crippen LogP contribution is -2.44. The molecule has 0 spiro atoms. The van der Waals surface area contributed by atoms with Gasteiger partial charge in [-0.05, 0) is 31.6 Å². The van der Waals surface area contributed by atoms with Crippen LogP contribution in [-0.2, 0) is 18.9 Å². The highest BCUT2D eigenvalue weighted by molar-refractivity contribution is 4.87. The van der Waals surface area contributed by atoms with Gasteiger partial charge in [-0.2, -0.15) is 0 Å². The largest absolute Gasteiger partial charge is 0.382 e. The normalized spacial score (nSPS) is 26.9. The first kappa shape index (κ1) is 17.9. The lowest BCUT2D eigenvalue weighted by Gasteiger charge is -2.38. The zero-order valence-corrected chi connectivity index (χ0v) is 13.1. The summed E-state index contributed by atoms with van der Waals surface area (Å²) in [5, 5.41) is 0. The Morgan fingerprint density at radius 2 is 1.50 bits per heavy atom. The molecule has 0 aliphatic heterocycles. The highest BCUT2D eigenvalue weighted by atomic mass is 16.6. The van der Waals surface area contributed by atoms with Gasteiger partial charge >= 0.3 is 0 Å². The molecule has 1 saturated carbocycles. The highest BCUT2D eigenvalue weighted by Gasteiger charge is 2.33. The van der Waals surface area contributed by atoms with E-state index in [1.807, 2.05) is 0 Å². The molecule has 0 bridgehead atoms. The van der Waals surface area contributed by atoms with Crippen molar-refractivity contribution in [3.63, 3.8) is 0 Å². The lowest BCUT2D eigenvalue weighted by atomic mass is 9.79. The van der Waals surface area contributed by atoms with Crippen LogP contribution in [0.3, 0.4) is 0 Å². The fraction of sp³-hybridized carbons (Fsp3) is 1.00. The van der Waals surface area contributed by atoms with Crippen molar-refractivity contribution in [2.75, 3.05) is 53.3 Å². The van der Waals surface area contributed by atoms with Crippen molar-refractivity contribution in [1.82, 2.24) is 0 Å². The van der Waals surface area contributed by atoms with Gasteiger partial charge in [-0.15, -0.1) is 0 Å². The van der Waals surface area contributed by atoms with Crippen LogP contribution in [0.15, 0.2) is 0 Å². The molecular weight excluding hydrogens is 258 g/mol. The number of rotatable bonds is 11. The Morgan fingerprint density at radius 1 is 0.950 bits per heavy atom. The fourth-order valence-electron chi connectivity index (χ4n) is 2.48. The molecule has 0 saturated heterocycles. The van der Waals surface area contributed by atoms with Gasteiger partial charge in [-0.3, -0.25) is 0 Å². The maximum absolute atomic E-state index is 6.00. The van der Waals surface area contributed by atoms with Crippen molar-refractivity contribution < 1.29 is 18.9 Å². The third-order valence-corrected chi connectivity index (χ3v) is 4.00. The Labute approximate surface area is 123 Å². The van der Waals surface area contributed by atoms with E-state index in [0.717, 1.165) is 18.8 Å². The molecule has 0 aromatic heterocycles. The second kappa shape index (κ2) is 10.5. The Morgan fingerprint density at radius 3 is 2.05 bits per heavy atom. The molecule has 0 aromatic carbocycles. The molecular formula is C15H31NO4. The summed E-state index contributed by atoms with van der Waals surface area (Å²) in [7, 11) is 1.66. The van der Waals surface area contributed by atoms with Crippen LogP contribution >= 0.6 is 0 Å². The summed E-state index contributed by atoms with van der Waals surface area (Å²) in [6.07, 6.45) is 4.58. The second-order valence-corrected chi connectivity index (χ2v) is 5.64. The maximum Gasteiger partial charge on any atom is 0.0805 e. The summed E-state index contributed by atoms with van der Waals surface area (Å²) in [5.74, 6) is 0.804. The average molecular weight is 289 g/mol. The van der Waals surface area contributed by atoms with E-state index in [1.165, 1.54) is 12.8 Å². The summed E-state index contributed by atoms with van der Waals surface area (Å²) < 4.78 is 21.7. The number of methoxy groups -OCH3 is 1. The predicted octanol–water partition coefficient (Wildman–Crippen LogP) is 1.59. The minimum Gasteiger partial charge on any atom is -0.382 e. The van der Waals surface area contributed by atoms with E-state index in [4.69, 9.17) is 24.7 Å². The fourth-order valence-corrected chi connectivity index (χ4v) is 2.48. The molecule has 5 heteroatoms. The van der Waals surface area contributed by atoms with Crippen LogP contribution in [0, 0.1) is 5.92 Å². The van der Waals surface area contributed by atoms with E-state index < -0.39 is 0 Å². The third kappa shape index (κ3) is 6.99. The predicted molar refractivity (Wildman–Crippen MR) is 78.9 cm³/mol. The molecule has 1 rings (SSSR count). The molecule has 1 fully saturated rings. The second-order valence-electron chi connectivity index (χ2n) is 5.64. The van der Waals surface area contributed by atoms with E-state index in [-0.39, 0.29) is 5.60 Å². The van der Waals surface area contributed by atoms with Crippen LogP contribution in [0.4, 0.5) is 0 Å². The zero-order chi connectivity index (χ0) is 14.7. The summed E-state index contributed by atoms with van der Waals surface area (Å²) in [6, 6.07) is 0. The van der Waals surface area contributed by atoms with Crippen LogP contribution in [0.1, 0.15) is 32.6 Å². The molecule has 0 atom stereocenters. The van der Waals surface area contributed by atoms with Gasteiger partial charge in [-0.25, -0.2) is 0 Å². The highest BCUT2D eigenvalue weighted by Crippen LogP contribution is 2.33. The topological polar surface area (TPSA) is 62.9 Å². The molecule has 0 radical (unpaired) electrons. The van der Waals surface area contributed by atoms with E-state index in [9.17, 15) is 0 Å². The standard InChI is InChI=1S/C15H31NO4/c1-14-3-5-15(13-16,6-4-14)20-12-11-19-10-9-18-8-7-17-2/h14H,3-13,16H2,1-2H3. The molecule has 2 N–H and O–H groups in total. The Hall–Kier alpha value is -0.200. The van der Waals surface area contributed by atoms with Crippen molar-refractivity contribution in [1.29, 1.82) is 0 Å². The minimum absolute atomic E-state index is 0.106. The van der Waals surface area contributed by atoms with Crippen molar-refractivity contribution in [3.8, 4) is 0 Å². The smallest absolute Gasteiger partial charge is 0.0805 e. The van der Waals surface area contributed by atoms with Gasteiger partial charge in [0.15, 0.2) is 0 Å². The van der Waals surface area contributed by atoms with Crippen molar-refractivity contribution in [2.45, 2.75) is 38.2 Å². The molecule has 20 heavy (non-hydrogen) atoms. The van der Waals surface area contributed by atoms with E-state index in [2.05, 4.69) is 6.92 Å². The Kier molecular flexibility index (Phi) is 9.39. The van der Waals surface area contributed by atoms with Gasteiger partial charge < -0.3 is 24.7 Å². The first-order valence-corrected chi connectivity index (χ1v) is 7.71. The van der Waals surface area contributed by atoms with Gasteiger partial charge in [0.25, 0.3) is 0 Å². The van der Waals surface area contributed by atoms with Gasteiger partial charge in [0.2, 0.25) is 0 Å². The summed E-state index contributed by atoms with van der Waals surface area (Å²) in [4.78, 5) is 0. The van der Waals surface area contributed by atoms with Gasteiger partial charge in [0.05, 0.1) is 45.2 Å². The average Bonchev–Trinajstić information content (AvgIpc) is 2.48. The van der Waals surface area contributed by atoms with Gasteiger partial charge in [0, 0.05) is 13.7 Å². The molecule has 1 aliphatic carbocycles. The monoisotopic (exact) mass is 289 g/mol. The quantitative estimate of drug-likeness (QED) is 0.585. The molecule has 0 aromatic rings. The summed E-state index contributed by atoms with van der Waals surface area (Å²) in [6.45, 7) is 6.57. The maximum atomic E-state index is 6.00. The van der Waals surface area contributed by atoms with Crippen LogP contribution in [-0.4, -0.2) is 58.9 Å². The SMILES string of the molecule is COCCOCCOCCOC1(CN)CCC(C)CC1. The molecule has 0 amide bonds. The van der Waals surface area contributed by atoms with Gasteiger partial charge in [0.1, 0.15) is 0 Å².